The van der Waals surface area contributed by atoms with Crippen LogP contribution in [0.1, 0.15) is 17.7 Å². The zero-order chi connectivity index (χ0) is 18.6. The first-order valence-electron chi connectivity index (χ1n) is 9.19. The van der Waals surface area contributed by atoms with Crippen LogP contribution in [0.15, 0.2) is 53.9 Å². The summed E-state index contributed by atoms with van der Waals surface area (Å²) in [6, 6.07) is 9.88. The third kappa shape index (κ3) is 4.02. The number of likely N-dealkylation sites (tertiary alicyclic amines) is 1. The zero-order valence-electron chi connectivity index (χ0n) is 15.7. The molecule has 4 rings (SSSR count). The molecule has 0 radical (unpaired) electrons. The number of nitrogens with zero attached hydrogens (tertiary/aromatic N) is 5. The molecule has 7 heteroatoms. The number of imidazole rings is 1. The number of nitrogens with one attached hydrogen (secondary N) is 1. The lowest BCUT2D eigenvalue weighted by Gasteiger charge is -2.21. The highest BCUT2D eigenvalue weighted by Crippen LogP contribution is 2.16. The van der Waals surface area contributed by atoms with E-state index in [0.717, 1.165) is 36.8 Å². The Morgan fingerprint density at radius 1 is 1.37 bits per heavy atom. The summed E-state index contributed by atoms with van der Waals surface area (Å²) in [5, 5.41) is 3.42. The first-order chi connectivity index (χ1) is 13.2. The Balaban J connectivity index is 1.35. The molecule has 1 atom stereocenters. The van der Waals surface area contributed by atoms with Crippen LogP contribution in [0.3, 0.4) is 0 Å². The molecule has 1 aliphatic heterocycles. The quantitative estimate of drug-likeness (QED) is 0.568. The van der Waals surface area contributed by atoms with Gasteiger partial charge < -0.3 is 19.4 Å². The van der Waals surface area contributed by atoms with Gasteiger partial charge in [0.25, 0.3) is 0 Å². The van der Waals surface area contributed by atoms with Crippen LogP contribution in [-0.2, 0) is 6.54 Å². The highest BCUT2D eigenvalue weighted by atomic mass is 16.5. The molecule has 0 aliphatic carbocycles. The molecule has 27 heavy (non-hydrogen) atoms. The number of aromatic nitrogens is 3. The molecule has 0 amide bonds. The van der Waals surface area contributed by atoms with Gasteiger partial charge in [-0.15, -0.1) is 0 Å². The molecular formula is C20H24N6O. The van der Waals surface area contributed by atoms with Crippen LogP contribution < -0.4 is 10.1 Å². The lowest BCUT2D eigenvalue weighted by molar-refractivity contribution is 0.205. The van der Waals surface area contributed by atoms with Crippen LogP contribution in [0.2, 0.25) is 0 Å². The Bertz CT molecular complexity index is 936. The molecule has 3 aromatic heterocycles. The predicted molar refractivity (Wildman–Crippen MR) is 105 cm³/mol. The Morgan fingerprint density at radius 3 is 3.11 bits per heavy atom. The van der Waals surface area contributed by atoms with E-state index in [-0.39, 0.29) is 6.10 Å². The van der Waals surface area contributed by atoms with Gasteiger partial charge in [0.05, 0.1) is 18.8 Å². The van der Waals surface area contributed by atoms with Crippen molar-refractivity contribution in [3.63, 3.8) is 0 Å². The number of aliphatic imine (C=N–C) groups is 1. The molecule has 1 fully saturated rings. The van der Waals surface area contributed by atoms with Gasteiger partial charge in [-0.25, -0.2) is 9.97 Å². The molecule has 3 aromatic rings. The maximum absolute atomic E-state index is 5.96. The molecule has 1 saturated heterocycles. The predicted octanol–water partition coefficient (Wildman–Crippen LogP) is 2.27. The molecule has 7 nitrogen and oxygen atoms in total. The van der Waals surface area contributed by atoms with E-state index >= 15 is 0 Å². The molecule has 0 aromatic carbocycles. The summed E-state index contributed by atoms with van der Waals surface area (Å²) in [6.07, 6.45) is 6.91. The van der Waals surface area contributed by atoms with Crippen LogP contribution in [0.5, 0.6) is 5.88 Å². The van der Waals surface area contributed by atoms with Crippen molar-refractivity contribution in [2.45, 2.75) is 26.0 Å². The van der Waals surface area contributed by atoms with Crippen LogP contribution in [0, 0.1) is 6.92 Å². The van der Waals surface area contributed by atoms with Crippen molar-refractivity contribution in [2.24, 2.45) is 4.99 Å². The minimum Gasteiger partial charge on any atom is -0.472 e. The van der Waals surface area contributed by atoms with Crippen molar-refractivity contribution >= 4 is 11.6 Å². The second kappa shape index (κ2) is 7.65. The molecular weight excluding hydrogens is 340 g/mol. The van der Waals surface area contributed by atoms with Gasteiger partial charge in [0, 0.05) is 44.7 Å². The number of fused-ring (bicyclic) bond motifs is 1. The number of rotatable bonds is 4. The molecule has 1 N–H and O–H groups in total. The van der Waals surface area contributed by atoms with Gasteiger partial charge in [-0.1, -0.05) is 6.07 Å². The monoisotopic (exact) mass is 364 g/mol. The third-order valence-corrected chi connectivity index (χ3v) is 4.67. The smallest absolute Gasteiger partial charge is 0.213 e. The maximum Gasteiger partial charge on any atom is 0.213 e. The number of aryl methyl sites for hydroxylation is 1. The lowest BCUT2D eigenvalue weighted by Crippen LogP contribution is -2.40. The summed E-state index contributed by atoms with van der Waals surface area (Å²) in [5.74, 6) is 1.54. The second-order valence-corrected chi connectivity index (χ2v) is 6.75. The van der Waals surface area contributed by atoms with Gasteiger partial charge in [-0.05, 0) is 30.7 Å². The summed E-state index contributed by atoms with van der Waals surface area (Å²) < 4.78 is 8.00. The fraction of sp³-hybridized carbons (Fsp3) is 0.350. The van der Waals surface area contributed by atoms with E-state index in [0.29, 0.717) is 12.4 Å². The van der Waals surface area contributed by atoms with E-state index in [1.54, 1.807) is 6.20 Å². The van der Waals surface area contributed by atoms with E-state index in [4.69, 9.17) is 4.74 Å². The van der Waals surface area contributed by atoms with Crippen molar-refractivity contribution < 1.29 is 4.74 Å². The second-order valence-electron chi connectivity index (χ2n) is 6.75. The van der Waals surface area contributed by atoms with E-state index in [2.05, 4.69) is 44.2 Å². The number of ether oxygens (including phenoxy) is 1. The van der Waals surface area contributed by atoms with Crippen LogP contribution in [0.25, 0.3) is 5.65 Å². The maximum atomic E-state index is 5.96. The highest BCUT2D eigenvalue weighted by molar-refractivity contribution is 5.80. The fourth-order valence-corrected chi connectivity index (χ4v) is 3.33. The van der Waals surface area contributed by atoms with E-state index in [1.807, 2.05) is 42.0 Å². The largest absolute Gasteiger partial charge is 0.472 e. The van der Waals surface area contributed by atoms with E-state index in [9.17, 15) is 0 Å². The Morgan fingerprint density at radius 2 is 2.30 bits per heavy atom. The van der Waals surface area contributed by atoms with Crippen molar-refractivity contribution in [2.75, 3.05) is 20.1 Å². The van der Waals surface area contributed by atoms with Gasteiger partial charge in [0.15, 0.2) is 5.96 Å². The minimum absolute atomic E-state index is 0.122. The molecule has 1 unspecified atom stereocenters. The Hall–Kier alpha value is -3.09. The summed E-state index contributed by atoms with van der Waals surface area (Å²) >= 11 is 0. The molecule has 140 valence electrons. The first-order valence-corrected chi connectivity index (χ1v) is 9.19. The average molecular weight is 364 g/mol. The van der Waals surface area contributed by atoms with Gasteiger partial charge in [-0.3, -0.25) is 4.99 Å². The van der Waals surface area contributed by atoms with Crippen molar-refractivity contribution in [1.82, 2.24) is 24.6 Å². The summed E-state index contributed by atoms with van der Waals surface area (Å²) in [7, 11) is 1.81. The highest BCUT2D eigenvalue weighted by Gasteiger charge is 2.26. The molecule has 0 spiro atoms. The van der Waals surface area contributed by atoms with Gasteiger partial charge in [0.2, 0.25) is 5.88 Å². The topological polar surface area (TPSA) is 67.0 Å². The molecule has 0 bridgehead atoms. The number of guanidine groups is 1. The SMILES string of the molecule is CN=C(NCc1cn2ccc(C)cc2n1)N1CCC(Oc2ccccn2)C1. The van der Waals surface area contributed by atoms with Gasteiger partial charge >= 0.3 is 0 Å². The number of pyridine rings is 2. The zero-order valence-corrected chi connectivity index (χ0v) is 15.7. The van der Waals surface area contributed by atoms with E-state index in [1.165, 1.54) is 5.56 Å². The van der Waals surface area contributed by atoms with E-state index < -0.39 is 0 Å². The van der Waals surface area contributed by atoms with Crippen molar-refractivity contribution in [3.05, 3.63) is 60.2 Å². The van der Waals surface area contributed by atoms with Gasteiger partial charge in [-0.2, -0.15) is 0 Å². The Labute approximate surface area is 158 Å². The summed E-state index contributed by atoms with van der Waals surface area (Å²) in [4.78, 5) is 15.5. The molecule has 1 aliphatic rings. The summed E-state index contributed by atoms with van der Waals surface area (Å²) in [5.41, 5.74) is 3.16. The fourth-order valence-electron chi connectivity index (χ4n) is 3.33. The van der Waals surface area contributed by atoms with Crippen LogP contribution in [0.4, 0.5) is 0 Å². The molecule has 4 heterocycles. The third-order valence-electron chi connectivity index (χ3n) is 4.67. The first kappa shape index (κ1) is 17.3. The lowest BCUT2D eigenvalue weighted by atomic mass is 10.3. The average Bonchev–Trinajstić information content (AvgIpc) is 3.29. The van der Waals surface area contributed by atoms with Crippen LogP contribution >= 0.6 is 0 Å². The minimum atomic E-state index is 0.122. The standard InChI is InChI=1S/C20H24N6O/c1-15-6-9-25-13-16(24-18(25)11-15)12-23-20(21-2)26-10-7-17(14-26)27-19-5-3-4-8-22-19/h3-6,8-9,11,13,17H,7,10,12,14H2,1-2H3,(H,21,23). The van der Waals surface area contributed by atoms with Crippen LogP contribution in [-0.4, -0.2) is 51.5 Å². The number of hydrogen-bond acceptors (Lipinski definition) is 4. The number of hydrogen-bond donors (Lipinski definition) is 1. The molecule has 0 saturated carbocycles. The van der Waals surface area contributed by atoms with Crippen molar-refractivity contribution in [3.8, 4) is 5.88 Å². The van der Waals surface area contributed by atoms with Crippen molar-refractivity contribution in [1.29, 1.82) is 0 Å². The van der Waals surface area contributed by atoms with Gasteiger partial charge in [0.1, 0.15) is 11.8 Å². The normalized spacial score (nSPS) is 17.5. The Kier molecular flexibility index (Phi) is 4.91. The summed E-state index contributed by atoms with van der Waals surface area (Å²) in [6.45, 7) is 4.41.